The molecule has 4 aliphatic carbocycles. The Morgan fingerprint density at radius 1 is 0.750 bits per heavy atom. The van der Waals surface area contributed by atoms with Crippen LogP contribution < -0.4 is 15.6 Å². The minimum Gasteiger partial charge on any atom is -0.403 e. The van der Waals surface area contributed by atoms with Gasteiger partial charge in [-0.1, -0.05) is 116 Å². The van der Waals surface area contributed by atoms with Crippen LogP contribution >= 0.6 is 0 Å². The quantitative estimate of drug-likeness (QED) is 0.221. The molecule has 4 aliphatic rings. The zero-order chi connectivity index (χ0) is 27.2. The van der Waals surface area contributed by atoms with Gasteiger partial charge in [0, 0.05) is 12.0 Å². The van der Waals surface area contributed by atoms with Crippen LogP contribution in [0.25, 0.3) is 0 Å². The van der Waals surface area contributed by atoms with Gasteiger partial charge in [0.2, 0.25) is 0 Å². The van der Waals surface area contributed by atoms with Crippen LogP contribution in [-0.2, 0) is 4.43 Å². The van der Waals surface area contributed by atoms with Gasteiger partial charge in [0.1, 0.15) is 0 Å². The van der Waals surface area contributed by atoms with E-state index in [0.29, 0.717) is 17.8 Å². The zero-order valence-electron chi connectivity index (χ0n) is 24.0. The number of hydrogen-bond acceptors (Lipinski definition) is 2. The summed E-state index contributed by atoms with van der Waals surface area (Å²) in [6, 6.07) is 33.3. The Balaban J connectivity index is 1.33. The first kappa shape index (κ1) is 26.4. The number of benzene rings is 3. The summed E-state index contributed by atoms with van der Waals surface area (Å²) in [6.45, 7) is 3.20. The topological polar surface area (TPSA) is 29.5 Å². The molecule has 3 saturated carbocycles. The molecule has 40 heavy (non-hydrogen) atoms. The normalized spacial score (nSPS) is 33.4. The monoisotopic (exact) mass is 548 g/mol. The van der Waals surface area contributed by atoms with Gasteiger partial charge < -0.3 is 9.53 Å². The van der Waals surface area contributed by atoms with Crippen molar-refractivity contribution >= 4 is 23.9 Å². The molecular weight excluding hydrogens is 504 g/mol. The lowest BCUT2D eigenvalue weighted by Crippen LogP contribution is -2.70. The van der Waals surface area contributed by atoms with Crippen LogP contribution in [0.4, 0.5) is 0 Å². The van der Waals surface area contributed by atoms with E-state index in [2.05, 4.69) is 104 Å². The van der Waals surface area contributed by atoms with Gasteiger partial charge >= 0.3 is 0 Å². The first-order chi connectivity index (χ1) is 19.6. The molecule has 208 valence electrons. The molecule has 0 spiro atoms. The Morgan fingerprint density at radius 2 is 1.35 bits per heavy atom. The lowest BCUT2D eigenvalue weighted by Gasteiger charge is -2.58. The summed E-state index contributed by atoms with van der Waals surface area (Å²) in [5.41, 5.74) is 1.91. The van der Waals surface area contributed by atoms with Crippen LogP contribution in [-0.4, -0.2) is 26.1 Å². The summed E-state index contributed by atoms with van der Waals surface area (Å²) in [5.74, 6) is 1.96. The highest BCUT2D eigenvalue weighted by molar-refractivity contribution is 7.07. The molecule has 0 radical (unpaired) electrons. The van der Waals surface area contributed by atoms with E-state index < -0.39 is 8.32 Å². The fourth-order valence-electron chi connectivity index (χ4n) is 9.72. The van der Waals surface area contributed by atoms with Crippen molar-refractivity contribution in [3.05, 3.63) is 103 Å². The molecule has 0 heterocycles. The third-order valence-corrected chi connectivity index (χ3v) is 15.8. The second-order valence-corrected chi connectivity index (χ2v) is 16.8. The van der Waals surface area contributed by atoms with E-state index in [0.717, 1.165) is 19.4 Å². The zero-order valence-corrected chi connectivity index (χ0v) is 25.0. The Hall–Kier alpha value is -2.46. The summed E-state index contributed by atoms with van der Waals surface area (Å²) in [6.07, 6.45) is 13.4. The molecule has 1 N–H and O–H groups in total. The van der Waals surface area contributed by atoms with Crippen molar-refractivity contribution in [1.82, 2.24) is 0 Å². The minimum absolute atomic E-state index is 0.0971. The Bertz CT molecular complexity index is 1240. The largest absolute Gasteiger partial charge is 0.403 e. The van der Waals surface area contributed by atoms with Gasteiger partial charge in [-0.15, -0.1) is 0 Å². The average molecular weight is 549 g/mol. The third-order valence-electron chi connectivity index (χ3n) is 11.8. The van der Waals surface area contributed by atoms with Crippen LogP contribution in [0.3, 0.4) is 0 Å². The summed E-state index contributed by atoms with van der Waals surface area (Å²) < 4.78 is 7.74. The van der Waals surface area contributed by atoms with Gasteiger partial charge in [0.05, 0.1) is 6.10 Å². The maximum Gasteiger partial charge on any atom is 0.288 e. The molecule has 3 aromatic carbocycles. The number of aliphatic hydroxyl groups is 1. The molecule has 7 rings (SSSR count). The van der Waals surface area contributed by atoms with E-state index in [1.165, 1.54) is 60.5 Å². The Labute approximate surface area is 241 Å². The number of fused-ring (bicyclic) bond motifs is 5. The maximum absolute atomic E-state index is 11.0. The second-order valence-electron chi connectivity index (χ2n) is 13.4. The average Bonchev–Trinajstić information content (AvgIpc) is 3.33. The van der Waals surface area contributed by atoms with E-state index >= 15 is 0 Å². The highest BCUT2D eigenvalue weighted by Crippen LogP contribution is 2.65. The van der Waals surface area contributed by atoms with Crippen LogP contribution in [0.1, 0.15) is 64.7 Å². The highest BCUT2D eigenvalue weighted by atomic mass is 28.4. The summed E-state index contributed by atoms with van der Waals surface area (Å²) in [7, 11) is -2.77. The van der Waals surface area contributed by atoms with Crippen molar-refractivity contribution < 1.29 is 9.53 Å². The molecule has 0 amide bonds. The number of allylic oxidation sites excluding steroid dienone is 1. The summed E-state index contributed by atoms with van der Waals surface area (Å²) in [4.78, 5) is 0. The number of rotatable bonds is 6. The standard InChI is InChI=1S/C37H44O2Si/c1-36-26-24-34-32(33(36)22-23-35(36)38)21-20-28-13-11-12-25-37(28,34)27-39-40(29-14-5-2-6-15-29,30-16-7-3-8-17-30)31-18-9-4-10-19-31/h2-10,14-20,32-35,38H,11-13,21-27H2,1H3/t32-,33-,34-,35-,36-,37+/m0/s1. The van der Waals surface area contributed by atoms with E-state index in [1.807, 2.05) is 0 Å². The van der Waals surface area contributed by atoms with Gasteiger partial charge in [-0.25, -0.2) is 0 Å². The van der Waals surface area contributed by atoms with Gasteiger partial charge in [-0.05, 0) is 90.1 Å². The second kappa shape index (κ2) is 10.4. The van der Waals surface area contributed by atoms with Crippen LogP contribution in [0.2, 0.25) is 0 Å². The molecule has 2 nitrogen and oxygen atoms in total. The van der Waals surface area contributed by atoms with E-state index in [4.69, 9.17) is 4.43 Å². The minimum atomic E-state index is -2.77. The summed E-state index contributed by atoms with van der Waals surface area (Å²) >= 11 is 0. The van der Waals surface area contributed by atoms with Crippen LogP contribution in [0.15, 0.2) is 103 Å². The molecule has 0 aromatic heterocycles. The van der Waals surface area contributed by atoms with Crippen molar-refractivity contribution in [1.29, 1.82) is 0 Å². The first-order valence-corrected chi connectivity index (χ1v) is 17.7. The predicted molar refractivity (Wildman–Crippen MR) is 167 cm³/mol. The van der Waals surface area contributed by atoms with Crippen molar-refractivity contribution in [2.24, 2.45) is 28.6 Å². The first-order valence-electron chi connectivity index (χ1n) is 15.8. The van der Waals surface area contributed by atoms with Gasteiger partial charge in [-0.2, -0.15) is 0 Å². The fourth-order valence-corrected chi connectivity index (χ4v) is 13.7. The molecule has 0 bridgehead atoms. The molecule has 3 aromatic rings. The lowest BCUT2D eigenvalue weighted by atomic mass is 9.47. The highest BCUT2D eigenvalue weighted by Gasteiger charge is 2.60. The Morgan fingerprint density at radius 3 is 1.95 bits per heavy atom. The van der Waals surface area contributed by atoms with Crippen molar-refractivity contribution in [2.45, 2.75) is 70.8 Å². The number of hydrogen-bond donors (Lipinski definition) is 1. The van der Waals surface area contributed by atoms with Crippen LogP contribution in [0.5, 0.6) is 0 Å². The van der Waals surface area contributed by atoms with Gasteiger partial charge in [-0.3, -0.25) is 0 Å². The van der Waals surface area contributed by atoms with Crippen molar-refractivity contribution in [3.63, 3.8) is 0 Å². The fraction of sp³-hybridized carbons (Fsp3) is 0.459. The van der Waals surface area contributed by atoms with E-state index in [-0.39, 0.29) is 16.9 Å². The van der Waals surface area contributed by atoms with Crippen molar-refractivity contribution in [3.8, 4) is 0 Å². The lowest BCUT2D eigenvalue weighted by molar-refractivity contribution is -0.0804. The number of aliphatic hydroxyl groups excluding tert-OH is 1. The van der Waals surface area contributed by atoms with Crippen LogP contribution in [0, 0.1) is 28.6 Å². The molecule has 0 unspecified atom stereocenters. The molecular formula is C37H44O2Si. The van der Waals surface area contributed by atoms with Gasteiger partial charge in [0.15, 0.2) is 0 Å². The Kier molecular flexibility index (Phi) is 6.89. The van der Waals surface area contributed by atoms with Crippen molar-refractivity contribution in [2.75, 3.05) is 6.61 Å². The molecule has 3 fully saturated rings. The smallest absolute Gasteiger partial charge is 0.288 e. The molecule has 0 aliphatic heterocycles. The molecule has 0 saturated heterocycles. The third kappa shape index (κ3) is 4.03. The van der Waals surface area contributed by atoms with E-state index in [9.17, 15) is 5.11 Å². The summed E-state index contributed by atoms with van der Waals surface area (Å²) in [5, 5.41) is 15.0. The molecule has 6 atom stereocenters. The SMILES string of the molecule is C[C@]12CC[C@H]3[C@@H](CC=C4CCCC[C@@]43CO[Si](c3ccccc3)(c3ccccc3)c3ccccc3)[C@@H]1CC[C@@H]2O. The molecule has 3 heteroatoms. The van der Waals surface area contributed by atoms with E-state index in [1.54, 1.807) is 5.57 Å². The predicted octanol–water partition coefficient (Wildman–Crippen LogP) is 6.36. The maximum atomic E-state index is 11.0. The van der Waals surface area contributed by atoms with Gasteiger partial charge in [0.25, 0.3) is 8.32 Å².